The number of benzene rings is 1. The maximum absolute atomic E-state index is 9.81. The number of phenols is 1. The summed E-state index contributed by atoms with van der Waals surface area (Å²) in [7, 11) is 0. The van der Waals surface area contributed by atoms with E-state index in [0.29, 0.717) is 17.5 Å². The number of rotatable bonds is 4. The van der Waals surface area contributed by atoms with Crippen molar-refractivity contribution in [1.82, 2.24) is 0 Å². The molecule has 0 spiro atoms. The molecule has 1 aromatic carbocycles. The second-order valence-electron chi connectivity index (χ2n) is 3.28. The summed E-state index contributed by atoms with van der Waals surface area (Å²) in [5, 5.41) is 9.81. The van der Waals surface area contributed by atoms with Crippen LogP contribution in [0.1, 0.15) is 30.0 Å². The van der Waals surface area contributed by atoms with Crippen LogP contribution in [-0.2, 0) is 18.2 Å². The van der Waals surface area contributed by atoms with Crippen molar-refractivity contribution in [2.24, 2.45) is 0 Å². The molecule has 1 nitrogen and oxygen atoms in total. The van der Waals surface area contributed by atoms with Crippen LogP contribution >= 0.6 is 23.2 Å². The van der Waals surface area contributed by atoms with Gasteiger partial charge < -0.3 is 5.11 Å². The lowest BCUT2D eigenvalue weighted by Gasteiger charge is -2.09. The van der Waals surface area contributed by atoms with E-state index in [1.54, 1.807) is 0 Å². The minimum absolute atomic E-state index is 0.327. The number of phenolic OH excluding ortho intramolecular Hbond substituents is 1. The van der Waals surface area contributed by atoms with Gasteiger partial charge in [0.2, 0.25) is 0 Å². The number of aromatic hydroxyl groups is 1. The van der Waals surface area contributed by atoms with Crippen molar-refractivity contribution in [2.45, 2.75) is 31.5 Å². The molecule has 0 fully saturated rings. The smallest absolute Gasteiger partial charge is 0.123 e. The summed E-state index contributed by atoms with van der Waals surface area (Å²) in [6.45, 7) is 2.08. The molecule has 14 heavy (non-hydrogen) atoms. The fourth-order valence-electron chi connectivity index (χ4n) is 1.47. The normalized spacial score (nSPS) is 10.5. The van der Waals surface area contributed by atoms with Crippen molar-refractivity contribution in [3.63, 3.8) is 0 Å². The van der Waals surface area contributed by atoms with E-state index in [4.69, 9.17) is 23.2 Å². The van der Waals surface area contributed by atoms with E-state index in [-0.39, 0.29) is 0 Å². The van der Waals surface area contributed by atoms with Crippen molar-refractivity contribution in [3.8, 4) is 5.75 Å². The molecular formula is C11H14Cl2O. The lowest BCUT2D eigenvalue weighted by atomic mass is 10.0. The molecule has 3 heteroatoms. The van der Waals surface area contributed by atoms with Crippen LogP contribution in [0.5, 0.6) is 5.75 Å². The predicted molar refractivity (Wildman–Crippen MR) is 61.2 cm³/mol. The van der Waals surface area contributed by atoms with Gasteiger partial charge in [-0.25, -0.2) is 0 Å². The van der Waals surface area contributed by atoms with Crippen molar-refractivity contribution >= 4 is 23.2 Å². The molecule has 0 aromatic heterocycles. The van der Waals surface area contributed by atoms with E-state index < -0.39 is 0 Å². The van der Waals surface area contributed by atoms with Crippen molar-refractivity contribution in [3.05, 3.63) is 28.8 Å². The Labute approximate surface area is 94.7 Å². The second kappa shape index (κ2) is 5.47. The first kappa shape index (κ1) is 11.7. The molecule has 0 aliphatic heterocycles. The Kier molecular flexibility index (Phi) is 4.56. The molecule has 0 aliphatic rings. The van der Waals surface area contributed by atoms with Crippen LogP contribution in [0.25, 0.3) is 0 Å². The van der Waals surface area contributed by atoms with E-state index in [1.165, 1.54) is 0 Å². The Morgan fingerprint density at radius 1 is 1.14 bits per heavy atom. The molecule has 0 radical (unpaired) electrons. The van der Waals surface area contributed by atoms with Crippen molar-refractivity contribution in [1.29, 1.82) is 0 Å². The first-order valence-corrected chi connectivity index (χ1v) is 5.75. The SMILES string of the molecule is CCCc1cc(CCl)cc(CCl)c1O. The standard InChI is InChI=1S/C11H14Cl2O/c1-2-3-9-4-8(6-12)5-10(7-13)11(9)14/h4-5,14H,2-3,6-7H2,1H3. The first-order valence-electron chi connectivity index (χ1n) is 4.68. The highest BCUT2D eigenvalue weighted by Crippen LogP contribution is 2.27. The van der Waals surface area contributed by atoms with Gasteiger partial charge >= 0.3 is 0 Å². The summed E-state index contributed by atoms with van der Waals surface area (Å²) >= 11 is 11.5. The van der Waals surface area contributed by atoms with Gasteiger partial charge in [-0.15, -0.1) is 23.2 Å². The summed E-state index contributed by atoms with van der Waals surface area (Å²) in [5.74, 6) is 1.12. The lowest BCUT2D eigenvalue weighted by Crippen LogP contribution is -1.92. The van der Waals surface area contributed by atoms with Crippen LogP contribution in [-0.4, -0.2) is 5.11 Å². The summed E-state index contributed by atoms with van der Waals surface area (Å²) < 4.78 is 0. The molecular weight excluding hydrogens is 219 g/mol. The zero-order valence-electron chi connectivity index (χ0n) is 8.19. The summed E-state index contributed by atoms with van der Waals surface area (Å²) in [4.78, 5) is 0. The fraction of sp³-hybridized carbons (Fsp3) is 0.455. The Morgan fingerprint density at radius 3 is 2.29 bits per heavy atom. The van der Waals surface area contributed by atoms with Gasteiger partial charge in [0.1, 0.15) is 5.75 Å². The second-order valence-corrected chi connectivity index (χ2v) is 3.81. The van der Waals surface area contributed by atoms with Crippen LogP contribution in [0, 0.1) is 0 Å². The fourth-order valence-corrected chi connectivity index (χ4v) is 1.83. The highest BCUT2D eigenvalue weighted by Gasteiger charge is 2.08. The Morgan fingerprint density at radius 2 is 1.79 bits per heavy atom. The molecule has 1 N–H and O–H groups in total. The third-order valence-corrected chi connectivity index (χ3v) is 2.74. The number of hydrogen-bond donors (Lipinski definition) is 1. The van der Waals surface area contributed by atoms with Crippen LogP contribution in [0.15, 0.2) is 12.1 Å². The average molecular weight is 233 g/mol. The maximum atomic E-state index is 9.81. The Balaban J connectivity index is 3.12. The van der Waals surface area contributed by atoms with E-state index >= 15 is 0 Å². The highest BCUT2D eigenvalue weighted by atomic mass is 35.5. The summed E-state index contributed by atoms with van der Waals surface area (Å²) in [6, 6.07) is 3.80. The van der Waals surface area contributed by atoms with E-state index in [1.807, 2.05) is 12.1 Å². The van der Waals surface area contributed by atoms with Gasteiger partial charge in [0, 0.05) is 11.4 Å². The van der Waals surface area contributed by atoms with Gasteiger partial charge in [-0.05, 0) is 23.6 Å². The van der Waals surface area contributed by atoms with Crippen molar-refractivity contribution < 1.29 is 5.11 Å². The molecule has 0 saturated heterocycles. The predicted octanol–water partition coefficient (Wildman–Crippen LogP) is 3.82. The molecule has 0 aliphatic carbocycles. The van der Waals surface area contributed by atoms with E-state index in [2.05, 4.69) is 6.92 Å². The van der Waals surface area contributed by atoms with Crippen LogP contribution in [0.2, 0.25) is 0 Å². The summed E-state index contributed by atoms with van der Waals surface area (Å²) in [6.07, 6.45) is 1.86. The topological polar surface area (TPSA) is 20.2 Å². The zero-order valence-corrected chi connectivity index (χ0v) is 9.70. The largest absolute Gasteiger partial charge is 0.507 e. The molecule has 0 saturated carbocycles. The van der Waals surface area contributed by atoms with Crippen LogP contribution in [0.3, 0.4) is 0 Å². The number of aryl methyl sites for hydroxylation is 1. The maximum Gasteiger partial charge on any atom is 0.123 e. The van der Waals surface area contributed by atoms with Gasteiger partial charge in [0.15, 0.2) is 0 Å². The number of hydrogen-bond acceptors (Lipinski definition) is 1. The quantitative estimate of drug-likeness (QED) is 0.783. The molecule has 0 unspecified atom stereocenters. The number of halogens is 2. The Bertz CT molecular complexity index is 310. The highest BCUT2D eigenvalue weighted by molar-refractivity contribution is 6.17. The van der Waals surface area contributed by atoms with Gasteiger partial charge in [-0.2, -0.15) is 0 Å². The number of alkyl halides is 2. The molecule has 0 heterocycles. The molecule has 1 aromatic rings. The molecule has 0 amide bonds. The van der Waals surface area contributed by atoms with Gasteiger partial charge in [-0.1, -0.05) is 19.4 Å². The molecule has 78 valence electrons. The first-order chi connectivity index (χ1) is 6.72. The van der Waals surface area contributed by atoms with Crippen LogP contribution in [0.4, 0.5) is 0 Å². The van der Waals surface area contributed by atoms with E-state index in [9.17, 15) is 5.11 Å². The minimum Gasteiger partial charge on any atom is -0.507 e. The van der Waals surface area contributed by atoms with E-state index in [0.717, 1.165) is 29.5 Å². The minimum atomic E-state index is 0.327. The zero-order chi connectivity index (χ0) is 10.6. The van der Waals surface area contributed by atoms with Gasteiger partial charge in [0.25, 0.3) is 0 Å². The van der Waals surface area contributed by atoms with Crippen LogP contribution < -0.4 is 0 Å². The molecule has 0 atom stereocenters. The molecule has 1 rings (SSSR count). The lowest BCUT2D eigenvalue weighted by molar-refractivity contribution is 0.462. The van der Waals surface area contributed by atoms with Crippen molar-refractivity contribution in [2.75, 3.05) is 0 Å². The molecule has 0 bridgehead atoms. The third-order valence-electron chi connectivity index (χ3n) is 2.15. The average Bonchev–Trinajstić information content (AvgIpc) is 2.21. The summed E-state index contributed by atoms with van der Waals surface area (Å²) in [5.41, 5.74) is 2.73. The van der Waals surface area contributed by atoms with Gasteiger partial charge in [-0.3, -0.25) is 0 Å². The Hall–Kier alpha value is -0.400. The monoisotopic (exact) mass is 232 g/mol. The van der Waals surface area contributed by atoms with Gasteiger partial charge in [0.05, 0.1) is 5.88 Å². The third kappa shape index (κ3) is 2.55.